The van der Waals surface area contributed by atoms with E-state index < -0.39 is 11.9 Å². The van der Waals surface area contributed by atoms with Gasteiger partial charge in [0.15, 0.2) is 5.76 Å². The number of nitrogens with zero attached hydrogens (tertiary/aromatic N) is 1. The Balaban J connectivity index is 1.59. The molecule has 2 aromatic heterocycles. The van der Waals surface area contributed by atoms with Crippen LogP contribution in [0.1, 0.15) is 16.1 Å². The van der Waals surface area contributed by atoms with Crippen LogP contribution < -0.4 is 10.1 Å². The predicted molar refractivity (Wildman–Crippen MR) is 94.1 cm³/mol. The van der Waals surface area contributed by atoms with Crippen molar-refractivity contribution < 1.29 is 23.5 Å². The molecule has 26 heavy (non-hydrogen) atoms. The standard InChI is InChI=1S/C18H15ClN2O5/c1-24-13-5-4-11-7-12(17(19)21-14(11)8-13)10-26-16(22)9-20-18(23)15-3-2-6-25-15/h2-8H,9-10H2,1H3,(H,20,23). The lowest BCUT2D eigenvalue weighted by molar-refractivity contribution is -0.143. The molecule has 8 heteroatoms. The molecular formula is C18H15ClN2O5. The highest BCUT2D eigenvalue weighted by molar-refractivity contribution is 6.30. The lowest BCUT2D eigenvalue weighted by atomic mass is 10.1. The van der Waals surface area contributed by atoms with E-state index in [2.05, 4.69) is 10.3 Å². The fraction of sp³-hybridized carbons (Fsp3) is 0.167. The van der Waals surface area contributed by atoms with Crippen LogP contribution in [-0.4, -0.2) is 30.5 Å². The fourth-order valence-corrected chi connectivity index (χ4v) is 2.45. The maximum Gasteiger partial charge on any atom is 0.325 e. The van der Waals surface area contributed by atoms with Gasteiger partial charge in [-0.15, -0.1) is 0 Å². The summed E-state index contributed by atoms with van der Waals surface area (Å²) in [5.41, 5.74) is 1.24. The van der Waals surface area contributed by atoms with E-state index in [1.54, 1.807) is 31.4 Å². The van der Waals surface area contributed by atoms with Crippen LogP contribution in [0.2, 0.25) is 5.15 Å². The molecule has 0 spiro atoms. The number of methoxy groups -OCH3 is 1. The number of ether oxygens (including phenoxy) is 2. The number of hydrogen-bond donors (Lipinski definition) is 1. The van der Waals surface area contributed by atoms with Gasteiger partial charge in [0.2, 0.25) is 0 Å². The minimum absolute atomic E-state index is 0.0523. The van der Waals surface area contributed by atoms with Gasteiger partial charge in [0.05, 0.1) is 18.9 Å². The number of furan rings is 1. The molecule has 7 nitrogen and oxygen atoms in total. The number of nitrogens with one attached hydrogen (secondary N) is 1. The highest BCUT2D eigenvalue weighted by Crippen LogP contribution is 2.24. The summed E-state index contributed by atoms with van der Waals surface area (Å²) in [4.78, 5) is 27.8. The van der Waals surface area contributed by atoms with Gasteiger partial charge in [-0.2, -0.15) is 0 Å². The van der Waals surface area contributed by atoms with E-state index >= 15 is 0 Å². The average Bonchev–Trinajstić information content (AvgIpc) is 3.18. The molecule has 1 aromatic carbocycles. The van der Waals surface area contributed by atoms with Gasteiger partial charge in [-0.1, -0.05) is 11.6 Å². The van der Waals surface area contributed by atoms with Crippen LogP contribution >= 0.6 is 11.6 Å². The predicted octanol–water partition coefficient (Wildman–Crippen LogP) is 2.96. The second-order valence-corrected chi connectivity index (χ2v) is 5.68. The lowest BCUT2D eigenvalue weighted by Gasteiger charge is -2.09. The molecule has 3 rings (SSSR count). The van der Waals surface area contributed by atoms with Crippen molar-refractivity contribution in [1.82, 2.24) is 10.3 Å². The number of fused-ring (bicyclic) bond motifs is 1. The van der Waals surface area contributed by atoms with Gasteiger partial charge >= 0.3 is 5.97 Å². The molecule has 2 heterocycles. The molecule has 1 amide bonds. The third-order valence-electron chi connectivity index (χ3n) is 3.58. The summed E-state index contributed by atoms with van der Waals surface area (Å²) < 4.78 is 15.2. The van der Waals surface area contributed by atoms with Gasteiger partial charge in [0, 0.05) is 17.0 Å². The van der Waals surface area contributed by atoms with E-state index in [0.29, 0.717) is 16.8 Å². The minimum atomic E-state index is -0.601. The average molecular weight is 375 g/mol. The third kappa shape index (κ3) is 4.12. The van der Waals surface area contributed by atoms with Crippen LogP contribution in [0.15, 0.2) is 47.1 Å². The first-order valence-corrected chi connectivity index (χ1v) is 8.05. The molecule has 0 saturated heterocycles. The Hall–Kier alpha value is -3.06. The van der Waals surface area contributed by atoms with Crippen LogP contribution in [0.4, 0.5) is 0 Å². The van der Waals surface area contributed by atoms with E-state index in [-0.39, 0.29) is 24.1 Å². The Morgan fingerprint density at radius 1 is 1.27 bits per heavy atom. The number of benzene rings is 1. The van der Waals surface area contributed by atoms with Gasteiger partial charge in [-0.3, -0.25) is 9.59 Å². The number of esters is 1. The number of hydrogen-bond acceptors (Lipinski definition) is 6. The van der Waals surface area contributed by atoms with Crippen molar-refractivity contribution in [3.8, 4) is 5.75 Å². The summed E-state index contributed by atoms with van der Waals surface area (Å²) in [7, 11) is 1.57. The van der Waals surface area contributed by atoms with Crippen LogP contribution in [0.3, 0.4) is 0 Å². The van der Waals surface area contributed by atoms with Crippen molar-refractivity contribution in [3.63, 3.8) is 0 Å². The Morgan fingerprint density at radius 3 is 2.85 bits per heavy atom. The van der Waals surface area contributed by atoms with Gasteiger partial charge in [-0.25, -0.2) is 4.98 Å². The van der Waals surface area contributed by atoms with Gasteiger partial charge in [0.25, 0.3) is 5.91 Å². The van der Waals surface area contributed by atoms with Crippen molar-refractivity contribution in [1.29, 1.82) is 0 Å². The quantitative estimate of drug-likeness (QED) is 0.527. The number of amides is 1. The van der Waals surface area contributed by atoms with Crippen molar-refractivity contribution in [3.05, 3.63) is 59.1 Å². The first kappa shape index (κ1) is 17.8. The molecule has 0 saturated carbocycles. The molecule has 0 fully saturated rings. The smallest absolute Gasteiger partial charge is 0.325 e. The zero-order valence-corrected chi connectivity index (χ0v) is 14.6. The molecule has 0 aliphatic rings. The Labute approximate surface area is 153 Å². The van der Waals surface area contributed by atoms with Crippen molar-refractivity contribution >= 4 is 34.4 Å². The van der Waals surface area contributed by atoms with Crippen LogP contribution in [0, 0.1) is 0 Å². The van der Waals surface area contributed by atoms with E-state index in [9.17, 15) is 9.59 Å². The largest absolute Gasteiger partial charge is 0.497 e. The molecule has 0 radical (unpaired) electrons. The molecule has 0 bridgehead atoms. The summed E-state index contributed by atoms with van der Waals surface area (Å²) in [6, 6.07) is 10.3. The molecule has 0 atom stereocenters. The summed E-state index contributed by atoms with van der Waals surface area (Å²) in [5, 5.41) is 3.48. The molecular weight excluding hydrogens is 360 g/mol. The van der Waals surface area contributed by atoms with Crippen molar-refractivity contribution in [2.24, 2.45) is 0 Å². The van der Waals surface area contributed by atoms with Crippen LogP contribution in [-0.2, 0) is 16.1 Å². The first-order chi connectivity index (χ1) is 12.6. The Morgan fingerprint density at radius 2 is 2.12 bits per heavy atom. The maximum atomic E-state index is 11.8. The molecule has 1 N–H and O–H groups in total. The lowest BCUT2D eigenvalue weighted by Crippen LogP contribution is -2.30. The van der Waals surface area contributed by atoms with Crippen molar-refractivity contribution in [2.75, 3.05) is 13.7 Å². The zero-order valence-electron chi connectivity index (χ0n) is 13.8. The van der Waals surface area contributed by atoms with Crippen LogP contribution in [0.5, 0.6) is 5.75 Å². The molecule has 0 unspecified atom stereocenters. The van der Waals surface area contributed by atoms with Crippen LogP contribution in [0.25, 0.3) is 10.9 Å². The van der Waals surface area contributed by atoms with E-state index in [4.69, 9.17) is 25.5 Å². The monoisotopic (exact) mass is 374 g/mol. The normalized spacial score (nSPS) is 10.5. The van der Waals surface area contributed by atoms with E-state index in [0.717, 1.165) is 5.39 Å². The fourth-order valence-electron chi connectivity index (χ4n) is 2.25. The third-order valence-corrected chi connectivity index (χ3v) is 3.91. The second kappa shape index (κ2) is 7.88. The number of carbonyl (C=O) groups excluding carboxylic acids is 2. The number of rotatable bonds is 6. The Bertz CT molecular complexity index is 940. The SMILES string of the molecule is COc1ccc2cc(COC(=O)CNC(=O)c3ccco3)c(Cl)nc2c1. The van der Waals surface area contributed by atoms with Gasteiger partial charge in [0.1, 0.15) is 24.1 Å². The number of pyridine rings is 1. The minimum Gasteiger partial charge on any atom is -0.497 e. The summed E-state index contributed by atoms with van der Waals surface area (Å²) >= 11 is 6.15. The number of aromatic nitrogens is 1. The Kier molecular flexibility index (Phi) is 5.38. The van der Waals surface area contributed by atoms with Crippen molar-refractivity contribution in [2.45, 2.75) is 6.61 Å². The topological polar surface area (TPSA) is 90.7 Å². The van der Waals surface area contributed by atoms with E-state index in [1.165, 1.54) is 12.3 Å². The highest BCUT2D eigenvalue weighted by Gasteiger charge is 2.12. The zero-order chi connectivity index (χ0) is 18.5. The first-order valence-electron chi connectivity index (χ1n) is 7.67. The number of halogens is 1. The number of carbonyl (C=O) groups is 2. The maximum absolute atomic E-state index is 11.8. The summed E-state index contributed by atoms with van der Waals surface area (Å²) in [6.07, 6.45) is 1.37. The molecule has 3 aromatic rings. The molecule has 0 aliphatic carbocycles. The molecule has 0 aliphatic heterocycles. The summed E-state index contributed by atoms with van der Waals surface area (Å²) in [6.45, 7) is -0.335. The second-order valence-electron chi connectivity index (χ2n) is 5.32. The summed E-state index contributed by atoms with van der Waals surface area (Å²) in [5.74, 6) is -0.301. The molecule has 134 valence electrons. The highest BCUT2D eigenvalue weighted by atomic mass is 35.5. The van der Waals surface area contributed by atoms with Gasteiger partial charge in [-0.05, 0) is 30.3 Å². The van der Waals surface area contributed by atoms with Gasteiger partial charge < -0.3 is 19.2 Å². The van der Waals surface area contributed by atoms with E-state index in [1.807, 2.05) is 6.07 Å².